The van der Waals surface area contributed by atoms with Gasteiger partial charge in [0.05, 0.1) is 5.56 Å². The van der Waals surface area contributed by atoms with E-state index < -0.39 is 5.82 Å². The van der Waals surface area contributed by atoms with Gasteiger partial charge in [0.1, 0.15) is 11.6 Å². The molecular weight excluding hydrogens is 267 g/mol. The summed E-state index contributed by atoms with van der Waals surface area (Å²) in [6.07, 6.45) is 0.988. The molecule has 110 valence electrons. The summed E-state index contributed by atoms with van der Waals surface area (Å²) in [6, 6.07) is 13.6. The zero-order valence-electron chi connectivity index (χ0n) is 12.3. The third-order valence-electron chi connectivity index (χ3n) is 3.60. The number of hydrogen-bond acceptors (Lipinski definition) is 2. The van der Waals surface area contributed by atoms with Gasteiger partial charge in [-0.05, 0) is 36.1 Å². The number of ketones is 1. The molecule has 0 aliphatic carbocycles. The van der Waals surface area contributed by atoms with E-state index in [0.29, 0.717) is 11.7 Å². The Kier molecular flexibility index (Phi) is 5.09. The third kappa shape index (κ3) is 3.69. The van der Waals surface area contributed by atoms with Crippen molar-refractivity contribution in [1.29, 1.82) is 0 Å². The Morgan fingerprint density at radius 1 is 1.14 bits per heavy atom. The van der Waals surface area contributed by atoms with Gasteiger partial charge in [-0.1, -0.05) is 44.2 Å². The molecule has 0 N–H and O–H groups in total. The molecule has 1 atom stereocenters. The Balaban J connectivity index is 2.10. The number of halogens is 1. The molecule has 2 aromatic rings. The lowest BCUT2D eigenvalue weighted by atomic mass is 9.98. The van der Waals surface area contributed by atoms with E-state index in [9.17, 15) is 9.18 Å². The van der Waals surface area contributed by atoms with Gasteiger partial charge in [0, 0.05) is 0 Å². The highest BCUT2D eigenvalue weighted by Crippen LogP contribution is 2.28. The number of Topliss-reactive ketones (excluding diaryl/α,β-unsaturated/α-hetero) is 1. The van der Waals surface area contributed by atoms with Crippen LogP contribution in [0.25, 0.3) is 0 Å². The maximum Gasteiger partial charge on any atom is 0.203 e. The molecule has 0 aliphatic heterocycles. The van der Waals surface area contributed by atoms with Gasteiger partial charge in [0.15, 0.2) is 6.61 Å². The molecule has 0 spiro atoms. The van der Waals surface area contributed by atoms with Gasteiger partial charge in [-0.15, -0.1) is 0 Å². The van der Waals surface area contributed by atoms with Crippen molar-refractivity contribution >= 4 is 5.78 Å². The van der Waals surface area contributed by atoms with Crippen LogP contribution in [0.5, 0.6) is 5.75 Å². The second kappa shape index (κ2) is 7.02. The molecule has 0 aromatic heterocycles. The maximum absolute atomic E-state index is 13.6. The fourth-order valence-electron chi connectivity index (χ4n) is 2.15. The SMILES string of the molecule is CCC(C)c1ccccc1OCC(=O)c1ccccc1F. The van der Waals surface area contributed by atoms with Gasteiger partial charge < -0.3 is 4.74 Å². The quantitative estimate of drug-likeness (QED) is 0.725. The minimum absolute atomic E-state index is 0.0681. The fraction of sp³-hybridized carbons (Fsp3) is 0.278. The molecule has 2 aromatic carbocycles. The molecule has 2 rings (SSSR count). The fourth-order valence-corrected chi connectivity index (χ4v) is 2.15. The van der Waals surface area contributed by atoms with Crippen LogP contribution in [0.15, 0.2) is 48.5 Å². The standard InChI is InChI=1S/C18H19FO2/c1-3-13(2)14-8-5-7-11-18(14)21-12-17(20)15-9-4-6-10-16(15)19/h4-11,13H,3,12H2,1-2H3. The second-order valence-electron chi connectivity index (χ2n) is 5.04. The molecule has 0 aliphatic rings. The van der Waals surface area contributed by atoms with Crippen LogP contribution in [-0.4, -0.2) is 12.4 Å². The third-order valence-corrected chi connectivity index (χ3v) is 3.60. The molecule has 0 saturated heterocycles. The number of carbonyl (C=O) groups excluding carboxylic acids is 1. The molecule has 0 amide bonds. The van der Waals surface area contributed by atoms with Crippen molar-refractivity contribution in [3.63, 3.8) is 0 Å². The van der Waals surface area contributed by atoms with E-state index in [1.54, 1.807) is 12.1 Å². The lowest BCUT2D eigenvalue weighted by Crippen LogP contribution is -2.14. The zero-order chi connectivity index (χ0) is 15.2. The Hall–Kier alpha value is -2.16. The van der Waals surface area contributed by atoms with Gasteiger partial charge in [0.2, 0.25) is 5.78 Å². The van der Waals surface area contributed by atoms with Crippen LogP contribution in [0, 0.1) is 5.82 Å². The van der Waals surface area contributed by atoms with Crippen molar-refractivity contribution in [2.45, 2.75) is 26.2 Å². The average Bonchev–Trinajstić information content (AvgIpc) is 2.52. The van der Waals surface area contributed by atoms with Crippen LogP contribution < -0.4 is 4.74 Å². The van der Waals surface area contributed by atoms with E-state index in [1.807, 2.05) is 24.3 Å². The smallest absolute Gasteiger partial charge is 0.203 e. The number of carbonyl (C=O) groups is 1. The van der Waals surface area contributed by atoms with E-state index in [4.69, 9.17) is 4.74 Å². The van der Waals surface area contributed by atoms with Crippen LogP contribution in [0.3, 0.4) is 0 Å². The minimum atomic E-state index is -0.513. The number of ether oxygens (including phenoxy) is 1. The van der Waals surface area contributed by atoms with Gasteiger partial charge >= 0.3 is 0 Å². The minimum Gasteiger partial charge on any atom is -0.485 e. The average molecular weight is 286 g/mol. The second-order valence-corrected chi connectivity index (χ2v) is 5.04. The van der Waals surface area contributed by atoms with Crippen molar-refractivity contribution in [1.82, 2.24) is 0 Å². The Labute approximate surface area is 124 Å². The monoisotopic (exact) mass is 286 g/mol. The molecule has 1 unspecified atom stereocenters. The van der Waals surface area contributed by atoms with E-state index in [0.717, 1.165) is 12.0 Å². The number of hydrogen-bond donors (Lipinski definition) is 0. The van der Waals surface area contributed by atoms with Gasteiger partial charge in [-0.25, -0.2) is 4.39 Å². The summed E-state index contributed by atoms with van der Waals surface area (Å²) < 4.78 is 19.2. The lowest BCUT2D eigenvalue weighted by Gasteiger charge is -2.15. The lowest BCUT2D eigenvalue weighted by molar-refractivity contribution is 0.0916. The van der Waals surface area contributed by atoms with Gasteiger partial charge in [-0.3, -0.25) is 4.79 Å². The number of para-hydroxylation sites is 1. The van der Waals surface area contributed by atoms with Crippen LogP contribution in [0.4, 0.5) is 4.39 Å². The molecule has 2 nitrogen and oxygen atoms in total. The first kappa shape index (κ1) is 15.2. The summed E-state index contributed by atoms with van der Waals surface area (Å²) in [5.74, 6) is 0.176. The molecule has 0 heterocycles. The van der Waals surface area contributed by atoms with Crippen molar-refractivity contribution in [3.8, 4) is 5.75 Å². The van der Waals surface area contributed by atoms with Crippen molar-refractivity contribution in [2.24, 2.45) is 0 Å². The van der Waals surface area contributed by atoms with Crippen LogP contribution in [0.2, 0.25) is 0 Å². The summed E-state index contributed by atoms with van der Waals surface area (Å²) in [7, 11) is 0. The van der Waals surface area contributed by atoms with E-state index in [2.05, 4.69) is 13.8 Å². The largest absolute Gasteiger partial charge is 0.485 e. The maximum atomic E-state index is 13.6. The summed E-state index contributed by atoms with van der Waals surface area (Å²) in [4.78, 5) is 12.0. The summed E-state index contributed by atoms with van der Waals surface area (Å²) in [5.41, 5.74) is 1.14. The molecule has 0 bridgehead atoms. The van der Waals surface area contributed by atoms with Gasteiger partial charge in [-0.2, -0.15) is 0 Å². The van der Waals surface area contributed by atoms with E-state index >= 15 is 0 Å². The van der Waals surface area contributed by atoms with Crippen LogP contribution in [-0.2, 0) is 0 Å². The normalized spacial score (nSPS) is 12.0. The highest BCUT2D eigenvalue weighted by Gasteiger charge is 2.14. The Bertz CT molecular complexity index is 622. The molecule has 21 heavy (non-hydrogen) atoms. The molecular formula is C18H19FO2. The van der Waals surface area contributed by atoms with Crippen molar-refractivity contribution in [2.75, 3.05) is 6.61 Å². The Morgan fingerprint density at radius 2 is 1.81 bits per heavy atom. The Morgan fingerprint density at radius 3 is 2.52 bits per heavy atom. The first-order valence-electron chi connectivity index (χ1n) is 7.13. The van der Waals surface area contributed by atoms with Crippen molar-refractivity contribution in [3.05, 3.63) is 65.5 Å². The highest BCUT2D eigenvalue weighted by atomic mass is 19.1. The van der Waals surface area contributed by atoms with Crippen LogP contribution in [0.1, 0.15) is 42.1 Å². The molecule has 0 saturated carbocycles. The number of benzene rings is 2. The summed E-state index contributed by atoms with van der Waals surface area (Å²) in [5, 5.41) is 0. The molecule has 3 heteroatoms. The van der Waals surface area contributed by atoms with Crippen LogP contribution >= 0.6 is 0 Å². The zero-order valence-corrected chi connectivity index (χ0v) is 12.3. The summed E-state index contributed by atoms with van der Waals surface area (Å²) >= 11 is 0. The van der Waals surface area contributed by atoms with Crippen molar-refractivity contribution < 1.29 is 13.9 Å². The predicted octanol–water partition coefficient (Wildman–Crippen LogP) is 4.60. The summed E-state index contributed by atoms with van der Waals surface area (Å²) in [6.45, 7) is 4.06. The van der Waals surface area contributed by atoms with Gasteiger partial charge in [0.25, 0.3) is 0 Å². The van der Waals surface area contributed by atoms with E-state index in [1.165, 1.54) is 12.1 Å². The highest BCUT2D eigenvalue weighted by molar-refractivity contribution is 5.97. The molecule has 0 radical (unpaired) electrons. The first-order chi connectivity index (χ1) is 10.1. The first-order valence-corrected chi connectivity index (χ1v) is 7.13. The van der Waals surface area contributed by atoms with E-state index in [-0.39, 0.29) is 18.0 Å². The topological polar surface area (TPSA) is 26.3 Å². The number of rotatable bonds is 6. The predicted molar refractivity (Wildman–Crippen MR) is 81.4 cm³/mol. The molecule has 0 fully saturated rings.